The van der Waals surface area contributed by atoms with Gasteiger partial charge in [0, 0.05) is 82.2 Å². The van der Waals surface area contributed by atoms with Gasteiger partial charge in [-0.1, -0.05) is 140 Å². The maximum Gasteiger partial charge on any atom is 0.138 e. The topological polar surface area (TPSA) is 45.7 Å². The molecule has 11 aromatic carbocycles. The van der Waals surface area contributed by atoms with Crippen LogP contribution in [0.2, 0.25) is 0 Å². The average Bonchev–Trinajstić information content (AvgIpc) is 4.09. The van der Waals surface area contributed by atoms with Gasteiger partial charge in [0.25, 0.3) is 0 Å². The van der Waals surface area contributed by atoms with Crippen molar-refractivity contribution in [3.63, 3.8) is 0 Å². The van der Waals surface area contributed by atoms with Crippen molar-refractivity contribution < 1.29 is 8.83 Å². The molecule has 6 heteroatoms. The Labute approximate surface area is 398 Å². The SMILES string of the molecule is c1ccc2c(c1)cc(N(c1ccc3c(c1)oc1ccccc13)c1ccc3c(c1)sc1cc(N(c4ccc5c(c4)oc4ccccc45)c4cc5ccccc5c5ccccc45)ncc13)c1ccccc12. The van der Waals surface area contributed by atoms with Gasteiger partial charge in [-0.25, -0.2) is 4.98 Å². The van der Waals surface area contributed by atoms with Crippen LogP contribution in [0.5, 0.6) is 0 Å². The van der Waals surface area contributed by atoms with E-state index in [1.807, 2.05) is 24.3 Å². The maximum absolute atomic E-state index is 6.52. The first-order valence-corrected chi connectivity index (χ1v) is 24.1. The molecular weight excluding hydrogens is 863 g/mol. The molecule has 0 aliphatic carbocycles. The second-order valence-corrected chi connectivity index (χ2v) is 19.0. The van der Waals surface area contributed by atoms with Gasteiger partial charge in [0.05, 0.1) is 17.1 Å². The Balaban J connectivity index is 0.933. The molecule has 0 N–H and O–H groups in total. The number of nitrogens with zero attached hydrogens (tertiary/aromatic N) is 3. The highest BCUT2D eigenvalue weighted by Gasteiger charge is 2.23. The summed E-state index contributed by atoms with van der Waals surface area (Å²) in [6.45, 7) is 0. The molecule has 0 radical (unpaired) electrons. The summed E-state index contributed by atoms with van der Waals surface area (Å²) in [5.41, 5.74) is 8.65. The molecule has 0 aliphatic rings. The molecule has 0 aliphatic heterocycles. The molecule has 0 saturated heterocycles. The molecule has 0 spiro atoms. The van der Waals surface area contributed by atoms with Crippen LogP contribution in [-0.2, 0) is 0 Å². The zero-order chi connectivity index (χ0) is 45.2. The second kappa shape index (κ2) is 14.8. The third-order valence-corrected chi connectivity index (χ3v) is 15.1. The second-order valence-electron chi connectivity index (χ2n) is 17.9. The summed E-state index contributed by atoms with van der Waals surface area (Å²) in [5.74, 6) is 0.827. The van der Waals surface area contributed by atoms with Gasteiger partial charge in [0.1, 0.15) is 28.1 Å². The van der Waals surface area contributed by atoms with E-state index in [2.05, 4.69) is 210 Å². The number of furan rings is 2. The van der Waals surface area contributed by atoms with Crippen LogP contribution in [0.15, 0.2) is 233 Å². The molecular formula is C63H37N3O2S. The lowest BCUT2D eigenvalue weighted by Gasteiger charge is -2.27. The van der Waals surface area contributed by atoms with Crippen LogP contribution < -0.4 is 9.80 Å². The summed E-state index contributed by atoms with van der Waals surface area (Å²) in [5, 5.41) is 16.2. The number of benzene rings is 11. The number of aromatic nitrogens is 1. The molecule has 0 saturated carbocycles. The number of rotatable bonds is 6. The molecule has 0 amide bonds. The Morgan fingerprint density at radius 1 is 0.304 bits per heavy atom. The van der Waals surface area contributed by atoms with Crippen molar-refractivity contribution in [2.45, 2.75) is 0 Å². The monoisotopic (exact) mass is 899 g/mol. The molecule has 15 rings (SSSR count). The van der Waals surface area contributed by atoms with Crippen molar-refractivity contribution in [2.75, 3.05) is 9.80 Å². The first kappa shape index (κ1) is 38.2. The fraction of sp³-hybridized carbons (Fsp3) is 0. The first-order valence-electron chi connectivity index (χ1n) is 23.2. The van der Waals surface area contributed by atoms with Gasteiger partial charge in [-0.05, 0) is 99.0 Å². The van der Waals surface area contributed by atoms with E-state index < -0.39 is 0 Å². The van der Waals surface area contributed by atoms with Gasteiger partial charge < -0.3 is 13.7 Å². The number of hydrogen-bond acceptors (Lipinski definition) is 6. The van der Waals surface area contributed by atoms with E-state index in [0.717, 1.165) is 93.6 Å². The third kappa shape index (κ3) is 5.86. The summed E-state index contributed by atoms with van der Waals surface area (Å²) in [4.78, 5) is 10.0. The number of fused-ring (bicyclic) bond motifs is 15. The van der Waals surface area contributed by atoms with E-state index in [0.29, 0.717) is 0 Å². The molecule has 0 atom stereocenters. The molecule has 4 heterocycles. The van der Waals surface area contributed by atoms with Gasteiger partial charge in [-0.15, -0.1) is 11.3 Å². The predicted octanol–water partition coefficient (Wildman–Crippen LogP) is 18.8. The highest BCUT2D eigenvalue weighted by atomic mass is 32.1. The summed E-state index contributed by atoms with van der Waals surface area (Å²) in [6.07, 6.45) is 2.06. The van der Waals surface area contributed by atoms with Crippen LogP contribution in [0.25, 0.3) is 107 Å². The minimum absolute atomic E-state index is 0.827. The van der Waals surface area contributed by atoms with Crippen LogP contribution in [0.4, 0.5) is 34.3 Å². The number of pyridine rings is 1. The lowest BCUT2D eigenvalue weighted by Crippen LogP contribution is -2.12. The molecule has 0 unspecified atom stereocenters. The van der Waals surface area contributed by atoms with Crippen LogP contribution in [0.1, 0.15) is 0 Å². The molecule has 69 heavy (non-hydrogen) atoms. The minimum Gasteiger partial charge on any atom is -0.456 e. The molecule has 15 aromatic rings. The van der Waals surface area contributed by atoms with Crippen LogP contribution >= 0.6 is 11.3 Å². The summed E-state index contributed by atoms with van der Waals surface area (Å²) in [6, 6.07) is 78.2. The lowest BCUT2D eigenvalue weighted by molar-refractivity contribution is 0.668. The maximum atomic E-state index is 6.52. The quantitative estimate of drug-likeness (QED) is 0.156. The van der Waals surface area contributed by atoms with Gasteiger partial charge in [-0.2, -0.15) is 0 Å². The van der Waals surface area contributed by atoms with E-state index in [1.165, 1.54) is 47.8 Å². The third-order valence-electron chi connectivity index (χ3n) is 14.0. The van der Waals surface area contributed by atoms with Crippen molar-refractivity contribution in [2.24, 2.45) is 0 Å². The predicted molar refractivity (Wildman–Crippen MR) is 291 cm³/mol. The largest absolute Gasteiger partial charge is 0.456 e. The van der Waals surface area contributed by atoms with Crippen molar-refractivity contribution in [3.8, 4) is 0 Å². The standard InChI is InChI=1S/C63H37N3O2S/c1-3-15-43-38(13-1)31-55(47-19-7-5-17-45(43)47)65(40-25-28-51-49-21-9-11-23-57(49)67-59(51)33-40)42-27-30-53-54-37-64-63(36-62(54)69-61(53)35-42)66(41-26-29-52-50-22-10-12-24-58(50)68-60(52)34-41)56-32-39-14-2-4-16-44(39)46-18-6-8-20-48(46)56/h1-37H. The number of para-hydroxylation sites is 2. The smallest absolute Gasteiger partial charge is 0.138 e. The Hall–Kier alpha value is -8.97. The number of hydrogen-bond donors (Lipinski definition) is 0. The van der Waals surface area contributed by atoms with Gasteiger partial charge in [0.15, 0.2) is 0 Å². The highest BCUT2D eigenvalue weighted by Crippen LogP contribution is 2.48. The summed E-state index contributed by atoms with van der Waals surface area (Å²) >= 11 is 1.80. The first-order chi connectivity index (χ1) is 34.2. The summed E-state index contributed by atoms with van der Waals surface area (Å²) in [7, 11) is 0. The van der Waals surface area contributed by atoms with E-state index >= 15 is 0 Å². The van der Waals surface area contributed by atoms with Crippen molar-refractivity contribution in [1.82, 2.24) is 4.98 Å². The highest BCUT2D eigenvalue weighted by molar-refractivity contribution is 7.25. The van der Waals surface area contributed by atoms with E-state index in [9.17, 15) is 0 Å². The average molecular weight is 900 g/mol. The Bertz CT molecular complexity index is 4310. The molecule has 4 aromatic heterocycles. The van der Waals surface area contributed by atoms with Crippen molar-refractivity contribution in [1.29, 1.82) is 0 Å². The zero-order valence-corrected chi connectivity index (χ0v) is 37.7. The Morgan fingerprint density at radius 3 is 1.30 bits per heavy atom. The van der Waals surface area contributed by atoms with E-state index in [-0.39, 0.29) is 0 Å². The number of thiophene rings is 1. The van der Waals surface area contributed by atoms with Gasteiger partial charge in [-0.3, -0.25) is 4.90 Å². The van der Waals surface area contributed by atoms with E-state index in [1.54, 1.807) is 11.3 Å². The van der Waals surface area contributed by atoms with Crippen LogP contribution in [0, 0.1) is 0 Å². The van der Waals surface area contributed by atoms with Crippen molar-refractivity contribution in [3.05, 3.63) is 225 Å². The van der Waals surface area contributed by atoms with Gasteiger partial charge >= 0.3 is 0 Å². The zero-order valence-electron chi connectivity index (χ0n) is 36.9. The van der Waals surface area contributed by atoms with E-state index in [4.69, 9.17) is 13.8 Å². The number of anilines is 6. The lowest BCUT2D eigenvalue weighted by atomic mass is 9.99. The van der Waals surface area contributed by atoms with Crippen LogP contribution in [0.3, 0.4) is 0 Å². The van der Waals surface area contributed by atoms with Gasteiger partial charge in [0.2, 0.25) is 0 Å². The van der Waals surface area contributed by atoms with Crippen LogP contribution in [-0.4, -0.2) is 4.98 Å². The molecule has 0 fully saturated rings. The fourth-order valence-electron chi connectivity index (χ4n) is 10.9. The fourth-order valence-corrected chi connectivity index (χ4v) is 12.0. The molecule has 322 valence electrons. The molecule has 5 nitrogen and oxygen atoms in total. The Morgan fingerprint density at radius 2 is 0.725 bits per heavy atom. The summed E-state index contributed by atoms with van der Waals surface area (Å²) < 4.78 is 15.3. The Kier molecular flexibility index (Phi) is 8.17. The van der Waals surface area contributed by atoms with Crippen molar-refractivity contribution >= 4 is 153 Å². The molecule has 0 bridgehead atoms. The minimum atomic E-state index is 0.827. The normalized spacial score (nSPS) is 12.1.